The van der Waals surface area contributed by atoms with E-state index >= 15 is 0 Å². The first-order valence-electron chi connectivity index (χ1n) is 7.21. The molecule has 0 saturated carbocycles. The lowest BCUT2D eigenvalue weighted by Crippen LogP contribution is -2.24. The fraction of sp³-hybridized carbons (Fsp3) is 0.235. The van der Waals surface area contributed by atoms with Crippen LogP contribution in [0.2, 0.25) is 0 Å². The predicted molar refractivity (Wildman–Crippen MR) is 90.7 cm³/mol. The Hall–Kier alpha value is -1.75. The van der Waals surface area contributed by atoms with E-state index in [1.165, 1.54) is 21.3 Å². The van der Waals surface area contributed by atoms with Gasteiger partial charge in [-0.15, -0.1) is 11.3 Å². The molecule has 3 nitrogen and oxygen atoms in total. The van der Waals surface area contributed by atoms with Crippen LogP contribution in [0.1, 0.15) is 5.01 Å². The second-order valence-corrected chi connectivity index (χ2v) is 5.92. The van der Waals surface area contributed by atoms with Gasteiger partial charge in [0, 0.05) is 37.0 Å². The molecule has 1 heterocycles. The Bertz CT molecular complexity index is 721. The van der Waals surface area contributed by atoms with Crippen LogP contribution < -0.4 is 11.1 Å². The summed E-state index contributed by atoms with van der Waals surface area (Å²) in [5, 5.41) is 9.13. The van der Waals surface area contributed by atoms with Gasteiger partial charge in [0.05, 0.1) is 10.7 Å². The van der Waals surface area contributed by atoms with E-state index in [9.17, 15) is 0 Å². The second kappa shape index (κ2) is 6.80. The topological polar surface area (TPSA) is 50.9 Å². The number of aromatic nitrogens is 1. The van der Waals surface area contributed by atoms with Crippen LogP contribution in [0, 0.1) is 0 Å². The van der Waals surface area contributed by atoms with Gasteiger partial charge in [-0.2, -0.15) is 0 Å². The van der Waals surface area contributed by atoms with E-state index in [4.69, 9.17) is 10.7 Å². The molecule has 0 radical (unpaired) electrons. The number of fused-ring (bicyclic) bond motifs is 1. The van der Waals surface area contributed by atoms with Gasteiger partial charge in [0.1, 0.15) is 0 Å². The summed E-state index contributed by atoms with van der Waals surface area (Å²) in [5.74, 6) is 0. The van der Waals surface area contributed by atoms with Crippen LogP contribution in [0.25, 0.3) is 22.0 Å². The summed E-state index contributed by atoms with van der Waals surface area (Å²) in [7, 11) is 0. The Balaban J connectivity index is 1.75. The van der Waals surface area contributed by atoms with Gasteiger partial charge >= 0.3 is 0 Å². The molecule has 0 bridgehead atoms. The van der Waals surface area contributed by atoms with E-state index < -0.39 is 0 Å². The van der Waals surface area contributed by atoms with E-state index in [0.29, 0.717) is 6.54 Å². The number of benzene rings is 2. The smallest absolute Gasteiger partial charge is 0.0945 e. The molecule has 21 heavy (non-hydrogen) atoms. The molecule has 3 N–H and O–H groups in total. The lowest BCUT2D eigenvalue weighted by molar-refractivity contribution is 0.687. The molecule has 3 aromatic rings. The largest absolute Gasteiger partial charge is 0.329 e. The molecule has 0 aliphatic carbocycles. The van der Waals surface area contributed by atoms with Crippen molar-refractivity contribution in [1.82, 2.24) is 10.3 Å². The molecule has 1 aromatic heterocycles. The van der Waals surface area contributed by atoms with E-state index in [-0.39, 0.29) is 0 Å². The molecule has 4 heteroatoms. The summed E-state index contributed by atoms with van der Waals surface area (Å²) < 4.78 is 0. The van der Waals surface area contributed by atoms with Crippen molar-refractivity contribution >= 4 is 22.1 Å². The highest BCUT2D eigenvalue weighted by Crippen LogP contribution is 2.25. The Morgan fingerprint density at radius 3 is 2.76 bits per heavy atom. The fourth-order valence-electron chi connectivity index (χ4n) is 2.33. The number of nitrogens with one attached hydrogen (secondary N) is 1. The first kappa shape index (κ1) is 14.2. The maximum Gasteiger partial charge on any atom is 0.0945 e. The second-order valence-electron chi connectivity index (χ2n) is 4.98. The minimum atomic E-state index is 0.681. The summed E-state index contributed by atoms with van der Waals surface area (Å²) in [4.78, 5) is 4.73. The maximum atomic E-state index is 5.46. The molecule has 0 fully saturated rings. The molecule has 0 aliphatic rings. The van der Waals surface area contributed by atoms with Crippen LogP contribution in [-0.4, -0.2) is 24.6 Å². The number of thiazole rings is 1. The Kier molecular flexibility index (Phi) is 4.60. The average molecular weight is 297 g/mol. The van der Waals surface area contributed by atoms with Crippen LogP contribution in [0.5, 0.6) is 0 Å². The third-order valence-corrected chi connectivity index (χ3v) is 4.34. The summed E-state index contributed by atoms with van der Waals surface area (Å²) in [6.45, 7) is 2.48. The fourth-order valence-corrected chi connectivity index (χ4v) is 3.14. The van der Waals surface area contributed by atoms with Crippen molar-refractivity contribution in [3.05, 3.63) is 52.9 Å². The molecule has 2 aromatic carbocycles. The number of hydrogen-bond donors (Lipinski definition) is 2. The first-order chi connectivity index (χ1) is 10.4. The van der Waals surface area contributed by atoms with Crippen LogP contribution in [0.15, 0.2) is 47.8 Å². The third-order valence-electron chi connectivity index (χ3n) is 3.43. The van der Waals surface area contributed by atoms with Crippen molar-refractivity contribution < 1.29 is 0 Å². The molecule has 0 atom stereocenters. The van der Waals surface area contributed by atoms with Gasteiger partial charge in [-0.25, -0.2) is 4.98 Å². The average Bonchev–Trinajstić information content (AvgIpc) is 3.00. The zero-order valence-corrected chi connectivity index (χ0v) is 12.7. The highest BCUT2D eigenvalue weighted by molar-refractivity contribution is 7.09. The summed E-state index contributed by atoms with van der Waals surface area (Å²) in [6, 6.07) is 14.9. The minimum Gasteiger partial charge on any atom is -0.329 e. The molecular weight excluding hydrogens is 278 g/mol. The SMILES string of the molecule is NCCNCCc1nc(-c2ccc3ccccc3c2)cs1. The van der Waals surface area contributed by atoms with Crippen LogP contribution in [-0.2, 0) is 6.42 Å². The lowest BCUT2D eigenvalue weighted by Gasteiger charge is -2.01. The van der Waals surface area contributed by atoms with Crippen LogP contribution >= 0.6 is 11.3 Å². The van der Waals surface area contributed by atoms with Crippen molar-refractivity contribution in [2.75, 3.05) is 19.6 Å². The lowest BCUT2D eigenvalue weighted by atomic mass is 10.1. The third kappa shape index (κ3) is 3.47. The molecule has 0 unspecified atom stereocenters. The maximum absolute atomic E-state index is 5.46. The molecule has 0 amide bonds. The van der Waals surface area contributed by atoms with E-state index in [1.54, 1.807) is 11.3 Å². The van der Waals surface area contributed by atoms with Gasteiger partial charge < -0.3 is 11.1 Å². The summed E-state index contributed by atoms with van der Waals surface area (Å²) in [6.07, 6.45) is 0.957. The molecule has 0 spiro atoms. The molecule has 0 aliphatic heterocycles. The van der Waals surface area contributed by atoms with E-state index in [1.807, 2.05) is 0 Å². The summed E-state index contributed by atoms with van der Waals surface area (Å²) >= 11 is 1.73. The predicted octanol–water partition coefficient (Wildman–Crippen LogP) is 3.05. The molecule has 3 rings (SSSR count). The van der Waals surface area contributed by atoms with Gasteiger partial charge in [-0.05, 0) is 16.8 Å². The zero-order chi connectivity index (χ0) is 14.5. The number of rotatable bonds is 6. The number of hydrogen-bond acceptors (Lipinski definition) is 4. The quantitative estimate of drug-likeness (QED) is 0.688. The molecule has 0 saturated heterocycles. The van der Waals surface area contributed by atoms with Gasteiger partial charge in [0.15, 0.2) is 0 Å². The summed E-state index contributed by atoms with van der Waals surface area (Å²) in [5.41, 5.74) is 7.71. The van der Waals surface area contributed by atoms with Gasteiger partial charge in [0.25, 0.3) is 0 Å². The monoisotopic (exact) mass is 297 g/mol. The Labute approximate surface area is 128 Å². The molecular formula is C17H19N3S. The van der Waals surface area contributed by atoms with Gasteiger partial charge in [0.2, 0.25) is 0 Å². The van der Waals surface area contributed by atoms with Gasteiger partial charge in [-0.3, -0.25) is 0 Å². The highest BCUT2D eigenvalue weighted by Gasteiger charge is 2.05. The standard InChI is InChI=1S/C17H19N3S/c18-8-10-19-9-7-17-20-16(12-21-17)15-6-5-13-3-1-2-4-14(13)11-15/h1-6,11-12,19H,7-10,18H2. The normalized spacial score (nSPS) is 11.1. The van der Waals surface area contributed by atoms with Crippen molar-refractivity contribution in [2.24, 2.45) is 5.73 Å². The van der Waals surface area contributed by atoms with E-state index in [0.717, 1.165) is 25.2 Å². The number of nitrogens with two attached hydrogens (primary N) is 1. The van der Waals surface area contributed by atoms with Crippen molar-refractivity contribution in [3.8, 4) is 11.3 Å². The Morgan fingerprint density at radius 2 is 1.90 bits per heavy atom. The Morgan fingerprint density at radius 1 is 1.05 bits per heavy atom. The first-order valence-corrected chi connectivity index (χ1v) is 8.09. The van der Waals surface area contributed by atoms with Crippen molar-refractivity contribution in [1.29, 1.82) is 0 Å². The van der Waals surface area contributed by atoms with Crippen molar-refractivity contribution in [2.45, 2.75) is 6.42 Å². The highest BCUT2D eigenvalue weighted by atomic mass is 32.1. The minimum absolute atomic E-state index is 0.681. The van der Waals surface area contributed by atoms with Gasteiger partial charge in [-0.1, -0.05) is 36.4 Å². The van der Waals surface area contributed by atoms with Crippen LogP contribution in [0.4, 0.5) is 0 Å². The zero-order valence-electron chi connectivity index (χ0n) is 11.9. The molecule has 108 valence electrons. The van der Waals surface area contributed by atoms with Crippen molar-refractivity contribution in [3.63, 3.8) is 0 Å². The van der Waals surface area contributed by atoms with E-state index in [2.05, 4.69) is 53.2 Å². The number of nitrogens with zero attached hydrogens (tertiary/aromatic N) is 1. The van der Waals surface area contributed by atoms with Crippen LogP contribution in [0.3, 0.4) is 0 Å².